The highest BCUT2D eigenvalue weighted by molar-refractivity contribution is 7.47. The highest BCUT2D eigenvalue weighted by Crippen LogP contribution is 2.44. The minimum absolute atomic E-state index is 0.257. The van der Waals surface area contributed by atoms with Crippen molar-refractivity contribution in [2.75, 3.05) is 0 Å². The molecule has 1 aromatic carbocycles. The van der Waals surface area contributed by atoms with Crippen LogP contribution in [0.1, 0.15) is 6.92 Å². The van der Waals surface area contributed by atoms with Gasteiger partial charge in [0.1, 0.15) is 11.9 Å². The SMILES string of the molecule is C#CC(C)OP(=O)(O)Oc1ccccc1. The van der Waals surface area contributed by atoms with E-state index in [9.17, 15) is 9.46 Å². The Morgan fingerprint density at radius 3 is 2.60 bits per heavy atom. The number of benzene rings is 1. The number of para-hydroxylation sites is 1. The van der Waals surface area contributed by atoms with Gasteiger partial charge < -0.3 is 4.52 Å². The lowest BCUT2D eigenvalue weighted by Gasteiger charge is -2.14. The molecule has 0 aliphatic heterocycles. The van der Waals surface area contributed by atoms with Crippen molar-refractivity contribution in [1.82, 2.24) is 0 Å². The monoisotopic (exact) mass is 226 g/mol. The molecule has 0 aliphatic rings. The van der Waals surface area contributed by atoms with Gasteiger partial charge in [-0.3, -0.25) is 9.42 Å². The third-order valence-corrected chi connectivity index (χ3v) is 2.51. The lowest BCUT2D eigenvalue weighted by molar-refractivity contribution is 0.182. The van der Waals surface area contributed by atoms with E-state index in [2.05, 4.69) is 10.4 Å². The van der Waals surface area contributed by atoms with Crippen LogP contribution in [0.25, 0.3) is 0 Å². The van der Waals surface area contributed by atoms with Crippen molar-refractivity contribution in [2.24, 2.45) is 0 Å². The Hall–Kier alpha value is -1.27. The molecule has 0 spiro atoms. The normalized spacial score (nSPS) is 16.1. The summed E-state index contributed by atoms with van der Waals surface area (Å²) in [7, 11) is -4.13. The number of phosphoric acid groups is 1. The maximum absolute atomic E-state index is 11.4. The van der Waals surface area contributed by atoms with E-state index in [-0.39, 0.29) is 5.75 Å². The van der Waals surface area contributed by atoms with Gasteiger partial charge in [-0.15, -0.1) is 6.42 Å². The van der Waals surface area contributed by atoms with Gasteiger partial charge in [-0.25, -0.2) is 4.57 Å². The van der Waals surface area contributed by atoms with Gasteiger partial charge in [-0.2, -0.15) is 0 Å². The number of hydrogen-bond donors (Lipinski definition) is 1. The van der Waals surface area contributed by atoms with E-state index < -0.39 is 13.9 Å². The highest BCUT2D eigenvalue weighted by Gasteiger charge is 2.25. The first kappa shape index (κ1) is 11.8. The van der Waals surface area contributed by atoms with Crippen LogP contribution < -0.4 is 4.52 Å². The minimum Gasteiger partial charge on any atom is -0.404 e. The summed E-state index contributed by atoms with van der Waals surface area (Å²) >= 11 is 0. The van der Waals surface area contributed by atoms with E-state index in [4.69, 9.17) is 10.9 Å². The zero-order valence-corrected chi connectivity index (χ0v) is 9.06. The molecule has 0 fully saturated rings. The van der Waals surface area contributed by atoms with Gasteiger partial charge in [0.15, 0.2) is 0 Å². The molecule has 0 radical (unpaired) electrons. The van der Waals surface area contributed by atoms with Gasteiger partial charge in [-0.05, 0) is 19.1 Å². The number of terminal acetylenes is 1. The quantitative estimate of drug-likeness (QED) is 0.631. The van der Waals surface area contributed by atoms with Gasteiger partial charge in [-0.1, -0.05) is 24.1 Å². The third-order valence-electron chi connectivity index (χ3n) is 1.49. The molecule has 15 heavy (non-hydrogen) atoms. The smallest absolute Gasteiger partial charge is 0.404 e. The summed E-state index contributed by atoms with van der Waals surface area (Å²) in [5, 5.41) is 0. The summed E-state index contributed by atoms with van der Waals surface area (Å²) in [6.07, 6.45) is 4.24. The molecule has 1 rings (SSSR count). The number of rotatable bonds is 4. The van der Waals surface area contributed by atoms with Crippen LogP contribution in [0.15, 0.2) is 30.3 Å². The second-order valence-corrected chi connectivity index (χ2v) is 4.12. The molecule has 4 nitrogen and oxygen atoms in total. The van der Waals surface area contributed by atoms with Crippen LogP contribution in [0.4, 0.5) is 0 Å². The van der Waals surface area contributed by atoms with Gasteiger partial charge in [0.05, 0.1) is 0 Å². The van der Waals surface area contributed by atoms with Crippen LogP contribution >= 0.6 is 7.82 Å². The van der Waals surface area contributed by atoms with Crippen LogP contribution in [-0.2, 0) is 9.09 Å². The predicted octanol–water partition coefficient (Wildman–Crippen LogP) is 2.20. The van der Waals surface area contributed by atoms with Crippen molar-refractivity contribution < 1.29 is 18.5 Å². The summed E-state index contributed by atoms with van der Waals surface area (Å²) in [5.41, 5.74) is 0. The fraction of sp³-hybridized carbons (Fsp3) is 0.200. The molecule has 0 saturated heterocycles. The maximum Gasteiger partial charge on any atom is 0.528 e. The first-order valence-electron chi connectivity index (χ1n) is 4.25. The van der Waals surface area contributed by atoms with E-state index in [0.717, 1.165) is 0 Å². The van der Waals surface area contributed by atoms with E-state index in [1.165, 1.54) is 6.92 Å². The zero-order chi connectivity index (χ0) is 11.3. The fourth-order valence-corrected chi connectivity index (χ4v) is 1.76. The summed E-state index contributed by atoms with van der Waals surface area (Å²) in [4.78, 5) is 9.28. The van der Waals surface area contributed by atoms with Gasteiger partial charge in [0.2, 0.25) is 0 Å². The molecule has 0 bridgehead atoms. The predicted molar refractivity (Wildman–Crippen MR) is 56.3 cm³/mol. The molecule has 0 aliphatic carbocycles. The van der Waals surface area contributed by atoms with Crippen molar-refractivity contribution in [3.05, 3.63) is 30.3 Å². The van der Waals surface area contributed by atoms with Crippen molar-refractivity contribution in [3.8, 4) is 18.1 Å². The molecule has 2 unspecified atom stereocenters. The Bertz CT molecular complexity index is 396. The number of hydrogen-bond acceptors (Lipinski definition) is 3. The third kappa shape index (κ3) is 4.18. The van der Waals surface area contributed by atoms with Crippen LogP contribution in [0.2, 0.25) is 0 Å². The molecule has 5 heteroatoms. The summed E-state index contributed by atoms with van der Waals surface area (Å²) in [6, 6.07) is 8.22. The first-order chi connectivity index (χ1) is 7.03. The molecule has 80 valence electrons. The van der Waals surface area contributed by atoms with Crippen LogP contribution in [0.5, 0.6) is 5.75 Å². The van der Waals surface area contributed by atoms with Gasteiger partial charge in [0.25, 0.3) is 0 Å². The van der Waals surface area contributed by atoms with Crippen LogP contribution in [0, 0.1) is 12.3 Å². The molecule has 2 atom stereocenters. The van der Waals surface area contributed by atoms with Gasteiger partial charge >= 0.3 is 7.82 Å². The molecular weight excluding hydrogens is 215 g/mol. The molecule has 0 heterocycles. The minimum atomic E-state index is -4.13. The second-order valence-electron chi connectivity index (χ2n) is 2.79. The van der Waals surface area contributed by atoms with Crippen LogP contribution in [0.3, 0.4) is 0 Å². The Morgan fingerprint density at radius 1 is 1.47 bits per heavy atom. The molecule has 1 aromatic rings. The van der Waals surface area contributed by atoms with E-state index in [1.54, 1.807) is 30.3 Å². The average Bonchev–Trinajstić information content (AvgIpc) is 2.17. The van der Waals surface area contributed by atoms with Crippen molar-refractivity contribution in [2.45, 2.75) is 13.0 Å². The summed E-state index contributed by atoms with van der Waals surface area (Å²) in [5.74, 6) is 2.43. The Labute approximate surface area is 88.5 Å². The lowest BCUT2D eigenvalue weighted by atomic mass is 10.3. The summed E-state index contributed by atoms with van der Waals surface area (Å²) < 4.78 is 20.8. The highest BCUT2D eigenvalue weighted by atomic mass is 31.2. The first-order valence-corrected chi connectivity index (χ1v) is 5.75. The topological polar surface area (TPSA) is 55.8 Å². The summed E-state index contributed by atoms with van der Waals surface area (Å²) in [6.45, 7) is 1.48. The standard InChI is InChI=1S/C10H11O4P/c1-3-9(2)13-15(11,12)14-10-7-5-4-6-8-10/h1,4-9H,2H3,(H,11,12). The van der Waals surface area contributed by atoms with E-state index in [1.807, 2.05) is 0 Å². The van der Waals surface area contributed by atoms with E-state index in [0.29, 0.717) is 0 Å². The molecule has 0 aromatic heterocycles. The van der Waals surface area contributed by atoms with Crippen molar-refractivity contribution in [3.63, 3.8) is 0 Å². The molecule has 0 amide bonds. The Morgan fingerprint density at radius 2 is 2.07 bits per heavy atom. The average molecular weight is 226 g/mol. The van der Waals surface area contributed by atoms with Crippen molar-refractivity contribution >= 4 is 7.82 Å². The Balaban J connectivity index is 2.66. The van der Waals surface area contributed by atoms with E-state index >= 15 is 0 Å². The maximum atomic E-state index is 11.4. The molecular formula is C10H11O4P. The number of phosphoric ester groups is 1. The van der Waals surface area contributed by atoms with Gasteiger partial charge in [0, 0.05) is 0 Å². The largest absolute Gasteiger partial charge is 0.528 e. The van der Waals surface area contributed by atoms with Crippen LogP contribution in [-0.4, -0.2) is 11.0 Å². The lowest BCUT2D eigenvalue weighted by Crippen LogP contribution is -2.06. The zero-order valence-electron chi connectivity index (χ0n) is 8.16. The fourth-order valence-electron chi connectivity index (χ4n) is 0.866. The molecule has 1 N–H and O–H groups in total. The Kier molecular flexibility index (Phi) is 3.93. The second kappa shape index (κ2) is 4.99. The van der Waals surface area contributed by atoms with Crippen molar-refractivity contribution in [1.29, 1.82) is 0 Å². The molecule has 0 saturated carbocycles.